The Hall–Kier alpha value is -2.70. The van der Waals surface area contributed by atoms with E-state index in [-0.39, 0.29) is 6.04 Å². The van der Waals surface area contributed by atoms with Crippen molar-refractivity contribution in [3.63, 3.8) is 0 Å². The van der Waals surface area contributed by atoms with Gasteiger partial charge in [-0.3, -0.25) is 4.90 Å². The third-order valence-corrected chi connectivity index (χ3v) is 5.65. The van der Waals surface area contributed by atoms with Gasteiger partial charge in [-0.2, -0.15) is 0 Å². The van der Waals surface area contributed by atoms with E-state index in [1.807, 2.05) is 72.8 Å². The van der Waals surface area contributed by atoms with Gasteiger partial charge in [-0.25, -0.2) is 0 Å². The molecule has 4 N–H and O–H groups in total. The largest absolute Gasteiger partial charge is 0.492 e. The Morgan fingerprint density at radius 2 is 1.28 bits per heavy atom. The van der Waals surface area contributed by atoms with E-state index in [2.05, 4.69) is 24.0 Å². The van der Waals surface area contributed by atoms with Crippen LogP contribution in [-0.2, 0) is 6.42 Å². The van der Waals surface area contributed by atoms with Gasteiger partial charge in [0.1, 0.15) is 12.4 Å². The summed E-state index contributed by atoms with van der Waals surface area (Å²) in [6.07, 6.45) is -0.470. The standard InChI is InChI=1S/C27H34N2O3/c1-21(18-22-12-14-25(15-13-22)32-17-16-28)29(19-26(30)23-8-4-2-5-9-23)20-27(31)24-10-6-3-7-11-24/h2-15,21,26-27,30-31H,16-20,28H2,1H3/t21-,26-,27-/m1/s1. The van der Waals surface area contributed by atoms with Crippen LogP contribution in [0.3, 0.4) is 0 Å². The van der Waals surface area contributed by atoms with Gasteiger partial charge in [0.05, 0.1) is 12.2 Å². The molecule has 0 aliphatic carbocycles. The van der Waals surface area contributed by atoms with Crippen LogP contribution >= 0.6 is 0 Å². The van der Waals surface area contributed by atoms with Crippen molar-refractivity contribution < 1.29 is 14.9 Å². The van der Waals surface area contributed by atoms with Crippen molar-refractivity contribution in [3.05, 3.63) is 102 Å². The van der Waals surface area contributed by atoms with Gasteiger partial charge in [0.15, 0.2) is 0 Å². The van der Waals surface area contributed by atoms with E-state index in [1.165, 1.54) is 5.56 Å². The van der Waals surface area contributed by atoms with Crippen LogP contribution in [0.1, 0.15) is 35.8 Å². The topological polar surface area (TPSA) is 79.0 Å². The van der Waals surface area contributed by atoms with Gasteiger partial charge >= 0.3 is 0 Å². The molecule has 0 radical (unpaired) electrons. The number of aliphatic hydroxyl groups excluding tert-OH is 2. The van der Waals surface area contributed by atoms with Crippen molar-refractivity contribution in [1.82, 2.24) is 4.90 Å². The number of nitrogens with two attached hydrogens (primary N) is 1. The number of ether oxygens (including phenoxy) is 1. The van der Waals surface area contributed by atoms with Gasteiger partial charge in [-0.1, -0.05) is 72.8 Å². The van der Waals surface area contributed by atoms with Crippen molar-refractivity contribution >= 4 is 0 Å². The number of rotatable bonds is 12. The number of hydrogen-bond donors (Lipinski definition) is 3. The Kier molecular flexibility index (Phi) is 9.26. The minimum Gasteiger partial charge on any atom is -0.492 e. The summed E-state index contributed by atoms with van der Waals surface area (Å²) in [5, 5.41) is 21.7. The highest BCUT2D eigenvalue weighted by Gasteiger charge is 2.22. The zero-order chi connectivity index (χ0) is 22.8. The Labute approximate surface area is 191 Å². The van der Waals surface area contributed by atoms with E-state index in [0.29, 0.717) is 26.2 Å². The number of hydrogen-bond acceptors (Lipinski definition) is 5. The summed E-state index contributed by atoms with van der Waals surface area (Å²) in [7, 11) is 0. The number of aliphatic hydroxyl groups is 2. The van der Waals surface area contributed by atoms with Crippen LogP contribution in [-0.4, -0.2) is 47.4 Å². The molecule has 0 amide bonds. The van der Waals surface area contributed by atoms with Crippen LogP contribution in [0.25, 0.3) is 0 Å². The highest BCUT2D eigenvalue weighted by molar-refractivity contribution is 5.28. The molecular formula is C27H34N2O3. The van der Waals surface area contributed by atoms with Crippen LogP contribution in [0.15, 0.2) is 84.9 Å². The van der Waals surface area contributed by atoms with E-state index >= 15 is 0 Å². The smallest absolute Gasteiger partial charge is 0.119 e. The predicted octanol–water partition coefficient (Wildman–Crippen LogP) is 3.72. The molecule has 3 atom stereocenters. The van der Waals surface area contributed by atoms with Gasteiger partial charge in [-0.05, 0) is 42.2 Å². The first-order valence-electron chi connectivity index (χ1n) is 11.2. The van der Waals surface area contributed by atoms with E-state index in [1.54, 1.807) is 0 Å². The fraction of sp³-hybridized carbons (Fsp3) is 0.333. The van der Waals surface area contributed by atoms with Crippen LogP contribution in [0, 0.1) is 0 Å². The first-order chi connectivity index (χ1) is 15.6. The molecule has 0 unspecified atom stereocenters. The van der Waals surface area contributed by atoms with E-state index in [9.17, 15) is 10.2 Å². The lowest BCUT2D eigenvalue weighted by Crippen LogP contribution is -2.40. The quantitative estimate of drug-likeness (QED) is 0.405. The van der Waals surface area contributed by atoms with Gasteiger partial charge in [-0.15, -0.1) is 0 Å². The fourth-order valence-electron chi connectivity index (χ4n) is 3.81. The second kappa shape index (κ2) is 12.4. The first kappa shape index (κ1) is 24.0. The summed E-state index contributed by atoms with van der Waals surface area (Å²) >= 11 is 0. The van der Waals surface area contributed by atoms with E-state index in [4.69, 9.17) is 10.5 Å². The highest BCUT2D eigenvalue weighted by atomic mass is 16.5. The molecule has 0 aromatic heterocycles. The summed E-state index contributed by atoms with van der Waals surface area (Å²) in [6.45, 7) is 3.99. The van der Waals surface area contributed by atoms with Crippen molar-refractivity contribution in [2.45, 2.75) is 31.6 Å². The van der Waals surface area contributed by atoms with E-state index in [0.717, 1.165) is 23.3 Å². The second-order valence-corrected chi connectivity index (χ2v) is 8.14. The summed E-state index contributed by atoms with van der Waals surface area (Å²) in [4.78, 5) is 2.16. The minimum atomic E-state index is -0.631. The molecule has 0 spiro atoms. The zero-order valence-electron chi connectivity index (χ0n) is 18.7. The van der Waals surface area contributed by atoms with E-state index < -0.39 is 12.2 Å². The first-order valence-corrected chi connectivity index (χ1v) is 11.2. The molecule has 0 aliphatic rings. The van der Waals surface area contributed by atoms with Gasteiger partial charge < -0.3 is 20.7 Å². The average molecular weight is 435 g/mol. The maximum Gasteiger partial charge on any atom is 0.119 e. The van der Waals surface area contributed by atoms with Crippen LogP contribution in [0.2, 0.25) is 0 Å². The molecule has 5 heteroatoms. The molecule has 3 aromatic carbocycles. The highest BCUT2D eigenvalue weighted by Crippen LogP contribution is 2.22. The molecule has 0 heterocycles. The summed E-state index contributed by atoms with van der Waals surface area (Å²) in [6, 6.07) is 27.5. The Balaban J connectivity index is 1.71. The van der Waals surface area contributed by atoms with Crippen LogP contribution < -0.4 is 10.5 Å². The molecule has 0 aliphatic heterocycles. The van der Waals surface area contributed by atoms with Crippen molar-refractivity contribution in [1.29, 1.82) is 0 Å². The summed E-state index contributed by atoms with van der Waals surface area (Å²) in [5.41, 5.74) is 8.42. The lowest BCUT2D eigenvalue weighted by atomic mass is 10.0. The van der Waals surface area contributed by atoms with Gasteiger partial charge in [0.25, 0.3) is 0 Å². The monoisotopic (exact) mass is 434 g/mol. The molecule has 0 saturated carbocycles. The summed E-state index contributed by atoms with van der Waals surface area (Å²) < 4.78 is 5.56. The molecule has 3 rings (SSSR count). The molecule has 0 bridgehead atoms. The SMILES string of the molecule is C[C@H](Cc1ccc(OCCN)cc1)N(C[C@@H](O)c1ccccc1)C[C@@H](O)c1ccccc1. The summed E-state index contributed by atoms with van der Waals surface area (Å²) in [5.74, 6) is 0.808. The number of nitrogens with zero attached hydrogens (tertiary/aromatic N) is 1. The maximum absolute atomic E-state index is 10.9. The molecular weight excluding hydrogens is 400 g/mol. The van der Waals surface area contributed by atoms with Crippen LogP contribution in [0.4, 0.5) is 0 Å². The Morgan fingerprint density at radius 3 is 1.75 bits per heavy atom. The Bertz CT molecular complexity index is 856. The van der Waals surface area contributed by atoms with Crippen molar-refractivity contribution in [2.75, 3.05) is 26.2 Å². The lowest BCUT2D eigenvalue weighted by molar-refractivity contribution is 0.0480. The van der Waals surface area contributed by atoms with Gasteiger partial charge in [0, 0.05) is 25.7 Å². The third kappa shape index (κ3) is 7.18. The third-order valence-electron chi connectivity index (χ3n) is 5.65. The Morgan fingerprint density at radius 1 is 0.781 bits per heavy atom. The minimum absolute atomic E-state index is 0.113. The lowest BCUT2D eigenvalue weighted by Gasteiger charge is -2.33. The molecule has 32 heavy (non-hydrogen) atoms. The number of benzene rings is 3. The van der Waals surface area contributed by atoms with Crippen molar-refractivity contribution in [3.8, 4) is 5.75 Å². The molecule has 0 saturated heterocycles. The van der Waals surface area contributed by atoms with Crippen LogP contribution in [0.5, 0.6) is 5.75 Å². The molecule has 5 nitrogen and oxygen atoms in total. The zero-order valence-corrected chi connectivity index (χ0v) is 18.7. The maximum atomic E-state index is 10.9. The molecule has 3 aromatic rings. The van der Waals surface area contributed by atoms with Crippen molar-refractivity contribution in [2.24, 2.45) is 5.73 Å². The van der Waals surface area contributed by atoms with Gasteiger partial charge in [0.2, 0.25) is 0 Å². The second-order valence-electron chi connectivity index (χ2n) is 8.14. The molecule has 170 valence electrons. The predicted molar refractivity (Wildman–Crippen MR) is 129 cm³/mol. The molecule has 0 fully saturated rings. The fourth-order valence-corrected chi connectivity index (χ4v) is 3.81. The average Bonchev–Trinajstić information content (AvgIpc) is 2.84. The normalized spacial score (nSPS) is 14.2.